The summed E-state index contributed by atoms with van der Waals surface area (Å²) >= 11 is 1.49. The first kappa shape index (κ1) is 21.1. The Morgan fingerprint density at radius 1 is 1.20 bits per heavy atom. The third-order valence-corrected chi connectivity index (χ3v) is 7.56. The van der Waals surface area contributed by atoms with Crippen LogP contribution in [0.3, 0.4) is 0 Å². The Hall–Kier alpha value is -2.15. The summed E-state index contributed by atoms with van der Waals surface area (Å²) in [5.74, 6) is 0.623. The number of aryl methyl sites for hydroxylation is 2. The van der Waals surface area contributed by atoms with Crippen molar-refractivity contribution in [1.29, 1.82) is 0 Å². The minimum absolute atomic E-state index is 0.159. The molecule has 0 bridgehead atoms. The summed E-state index contributed by atoms with van der Waals surface area (Å²) in [6.07, 6.45) is 6.58. The number of nitrogens with zero attached hydrogens (tertiary/aromatic N) is 1. The maximum Gasteiger partial charge on any atom is 0.341 e. The highest BCUT2D eigenvalue weighted by Gasteiger charge is 2.35. The van der Waals surface area contributed by atoms with Gasteiger partial charge < -0.3 is 14.6 Å². The van der Waals surface area contributed by atoms with Crippen molar-refractivity contribution in [3.05, 3.63) is 33.0 Å². The van der Waals surface area contributed by atoms with Gasteiger partial charge in [0.25, 0.3) is 5.91 Å². The highest BCUT2D eigenvalue weighted by molar-refractivity contribution is 7.17. The Bertz CT molecular complexity index is 967. The average molecular weight is 431 g/mol. The largest absolute Gasteiger partial charge is 0.462 e. The first-order chi connectivity index (χ1) is 14.3. The summed E-state index contributed by atoms with van der Waals surface area (Å²) < 4.78 is 10.8. The van der Waals surface area contributed by atoms with Gasteiger partial charge in [0.2, 0.25) is 0 Å². The quantitative estimate of drug-likeness (QED) is 0.675. The fourth-order valence-corrected chi connectivity index (χ4v) is 5.83. The predicted octanol–water partition coefficient (Wildman–Crippen LogP) is 5.19. The molecule has 7 heteroatoms. The molecular formula is C23H30N2O4S. The van der Waals surface area contributed by atoms with Crippen LogP contribution in [0.15, 0.2) is 4.52 Å². The Kier molecular flexibility index (Phi) is 5.75. The van der Waals surface area contributed by atoms with E-state index in [0.29, 0.717) is 28.8 Å². The zero-order valence-electron chi connectivity index (χ0n) is 18.2. The van der Waals surface area contributed by atoms with Crippen molar-refractivity contribution in [3.63, 3.8) is 0 Å². The van der Waals surface area contributed by atoms with Gasteiger partial charge >= 0.3 is 5.97 Å². The van der Waals surface area contributed by atoms with Crippen LogP contribution in [-0.4, -0.2) is 23.6 Å². The van der Waals surface area contributed by atoms with E-state index in [1.807, 2.05) is 0 Å². The molecule has 1 N–H and O–H groups in total. The van der Waals surface area contributed by atoms with E-state index in [1.54, 1.807) is 6.92 Å². The van der Waals surface area contributed by atoms with Gasteiger partial charge in [-0.05, 0) is 62.3 Å². The van der Waals surface area contributed by atoms with Gasteiger partial charge in [0.05, 0.1) is 12.2 Å². The van der Waals surface area contributed by atoms with Gasteiger partial charge in [0.15, 0.2) is 5.69 Å². The molecule has 2 aromatic heterocycles. The molecular weight excluding hydrogens is 400 g/mol. The normalized spacial score (nSPS) is 18.5. The van der Waals surface area contributed by atoms with Crippen molar-refractivity contribution in [1.82, 2.24) is 5.16 Å². The Balaban J connectivity index is 1.62. The van der Waals surface area contributed by atoms with E-state index in [2.05, 4.69) is 31.2 Å². The number of amides is 1. The average Bonchev–Trinajstić information content (AvgIpc) is 3.27. The molecule has 0 aliphatic heterocycles. The second kappa shape index (κ2) is 8.17. The topological polar surface area (TPSA) is 81.4 Å². The van der Waals surface area contributed by atoms with Crippen molar-refractivity contribution in [2.45, 2.75) is 72.6 Å². The number of nitrogens with one attached hydrogen (secondary N) is 1. The number of carbonyl (C=O) groups excluding carboxylic acids is 2. The van der Waals surface area contributed by atoms with Gasteiger partial charge in [0, 0.05) is 16.9 Å². The molecule has 30 heavy (non-hydrogen) atoms. The van der Waals surface area contributed by atoms with Gasteiger partial charge in [-0.2, -0.15) is 0 Å². The number of fused-ring (bicyclic) bond motifs is 2. The van der Waals surface area contributed by atoms with Crippen LogP contribution in [0.4, 0.5) is 5.00 Å². The zero-order valence-corrected chi connectivity index (χ0v) is 19.0. The molecule has 1 atom stereocenters. The number of carbonyl (C=O) groups is 2. The molecule has 1 amide bonds. The second-order valence-electron chi connectivity index (χ2n) is 9.33. The van der Waals surface area contributed by atoms with E-state index in [-0.39, 0.29) is 17.3 Å². The number of hydrogen-bond donors (Lipinski definition) is 1. The lowest BCUT2D eigenvalue weighted by molar-refractivity contribution is 0.0526. The third-order valence-electron chi connectivity index (χ3n) is 6.36. The van der Waals surface area contributed by atoms with E-state index in [9.17, 15) is 9.59 Å². The molecule has 0 unspecified atom stereocenters. The van der Waals surface area contributed by atoms with Crippen LogP contribution in [0, 0.1) is 11.3 Å². The minimum Gasteiger partial charge on any atom is -0.462 e. The van der Waals surface area contributed by atoms with Crippen LogP contribution in [0.5, 0.6) is 0 Å². The summed E-state index contributed by atoms with van der Waals surface area (Å²) in [5, 5.41) is 7.65. The maximum absolute atomic E-state index is 13.2. The number of anilines is 1. The lowest BCUT2D eigenvalue weighted by Crippen LogP contribution is -2.27. The number of ether oxygens (including phenoxy) is 1. The second-order valence-corrected chi connectivity index (χ2v) is 10.4. The number of esters is 1. The molecule has 4 rings (SSSR count). The van der Waals surface area contributed by atoms with Crippen LogP contribution in [0.25, 0.3) is 0 Å². The van der Waals surface area contributed by atoms with E-state index in [1.165, 1.54) is 16.2 Å². The Labute approximate surface area is 181 Å². The zero-order chi connectivity index (χ0) is 21.5. The van der Waals surface area contributed by atoms with Crippen molar-refractivity contribution in [2.75, 3.05) is 11.9 Å². The Morgan fingerprint density at radius 3 is 2.70 bits per heavy atom. The lowest BCUT2D eigenvalue weighted by atomic mass is 9.71. The minimum atomic E-state index is -0.359. The van der Waals surface area contributed by atoms with Crippen LogP contribution < -0.4 is 5.32 Å². The van der Waals surface area contributed by atoms with Gasteiger partial charge in [-0.3, -0.25) is 4.79 Å². The fraction of sp³-hybridized carbons (Fsp3) is 0.609. The highest BCUT2D eigenvalue weighted by Crippen LogP contribution is 2.40. The number of thiophene rings is 1. The predicted molar refractivity (Wildman–Crippen MR) is 116 cm³/mol. The molecule has 2 aromatic rings. The van der Waals surface area contributed by atoms with Gasteiger partial charge in [-0.25, -0.2) is 4.79 Å². The SMILES string of the molecule is CCOC(=O)c1c(NC(=O)c2noc3c2C[C@H](C(C)(C)C)CC3)sc2c1CCCC2. The maximum atomic E-state index is 13.2. The molecule has 0 spiro atoms. The van der Waals surface area contributed by atoms with Crippen molar-refractivity contribution >= 4 is 28.2 Å². The van der Waals surface area contributed by atoms with Crippen LogP contribution in [-0.2, 0) is 30.4 Å². The molecule has 2 heterocycles. The molecule has 162 valence electrons. The lowest BCUT2D eigenvalue weighted by Gasteiger charge is -2.33. The van der Waals surface area contributed by atoms with Gasteiger partial charge in [-0.1, -0.05) is 25.9 Å². The number of hydrogen-bond acceptors (Lipinski definition) is 6. The monoisotopic (exact) mass is 430 g/mol. The van der Waals surface area contributed by atoms with E-state index >= 15 is 0 Å². The van der Waals surface area contributed by atoms with Crippen molar-refractivity contribution < 1.29 is 18.8 Å². The molecule has 2 aliphatic rings. The van der Waals surface area contributed by atoms with Crippen LogP contribution in [0.2, 0.25) is 0 Å². The first-order valence-corrected chi connectivity index (χ1v) is 11.7. The fourth-order valence-electron chi connectivity index (χ4n) is 4.56. The third kappa shape index (κ3) is 3.92. The van der Waals surface area contributed by atoms with Gasteiger partial charge in [-0.15, -0.1) is 11.3 Å². The van der Waals surface area contributed by atoms with E-state index < -0.39 is 0 Å². The number of aromatic nitrogens is 1. The molecule has 6 nitrogen and oxygen atoms in total. The Morgan fingerprint density at radius 2 is 1.97 bits per heavy atom. The summed E-state index contributed by atoms with van der Waals surface area (Å²) in [4.78, 5) is 27.0. The van der Waals surface area contributed by atoms with Crippen LogP contribution >= 0.6 is 11.3 Å². The van der Waals surface area contributed by atoms with Gasteiger partial charge in [0.1, 0.15) is 10.8 Å². The van der Waals surface area contributed by atoms with E-state index in [0.717, 1.165) is 61.8 Å². The summed E-state index contributed by atoms with van der Waals surface area (Å²) in [6, 6.07) is 0. The van der Waals surface area contributed by atoms with E-state index in [4.69, 9.17) is 9.26 Å². The number of rotatable bonds is 4. The molecule has 0 aromatic carbocycles. The molecule has 0 saturated carbocycles. The molecule has 0 radical (unpaired) electrons. The molecule has 0 fully saturated rings. The summed E-state index contributed by atoms with van der Waals surface area (Å²) in [5.41, 5.74) is 2.98. The summed E-state index contributed by atoms with van der Waals surface area (Å²) in [6.45, 7) is 8.80. The smallest absolute Gasteiger partial charge is 0.341 e. The standard InChI is InChI=1S/C23H30N2O4S/c1-5-28-22(27)18-14-8-6-7-9-17(14)30-21(18)24-20(26)19-15-12-13(23(2,3)4)10-11-16(15)29-25-19/h13H,5-12H2,1-4H3,(H,24,26)/t13-/m1/s1. The highest BCUT2D eigenvalue weighted by atomic mass is 32.1. The van der Waals surface area contributed by atoms with Crippen molar-refractivity contribution in [2.24, 2.45) is 11.3 Å². The first-order valence-electron chi connectivity index (χ1n) is 10.9. The van der Waals surface area contributed by atoms with Crippen molar-refractivity contribution in [3.8, 4) is 0 Å². The molecule has 2 aliphatic carbocycles. The molecule has 0 saturated heterocycles. The summed E-state index contributed by atoms with van der Waals surface area (Å²) in [7, 11) is 0. The van der Waals surface area contributed by atoms with Crippen LogP contribution in [0.1, 0.15) is 89.6 Å².